The second-order valence-corrected chi connectivity index (χ2v) is 31.1. The summed E-state index contributed by atoms with van der Waals surface area (Å²) in [6, 6.07) is -26.4. The van der Waals surface area contributed by atoms with Gasteiger partial charge in [-0.15, -0.1) is 0 Å². The van der Waals surface area contributed by atoms with Crippen LogP contribution in [0.15, 0.2) is 12.5 Å². The molecular formula is C62H98N22O22S4. The highest BCUT2D eigenvalue weighted by atomic mass is 33.1. The summed E-state index contributed by atoms with van der Waals surface area (Å²) in [6.45, 7) is 3.71. The van der Waals surface area contributed by atoms with Gasteiger partial charge in [-0.25, -0.2) is 4.98 Å². The number of hydrogen-bond donors (Lipinski definition) is 23. The summed E-state index contributed by atoms with van der Waals surface area (Å²) >= 11 is 0. The van der Waals surface area contributed by atoms with Crippen LogP contribution < -0.4 is 103 Å². The molecule has 3 aliphatic rings. The lowest BCUT2D eigenvalue weighted by molar-refractivity contribution is -0.145. The SMILES string of the molecule is CC[C@H](C)[C@@H]1NC(=O)[C@H](CC(=O)O)NC(=O)[C@@H]2CCCN2C(=O)[C@H](CC(N)=O)NC(=O)[C@H](CC(N)=O)NC(=O)[C@H](C(C)C)NC(=O)[C@H](CO)NC(=O)[C@@H]2CSSC[C@H](NC(=O)CN)C(=O)N[C@@H](CSSC[C@@H](C(N)=O)NC1=O)C(=O)N[C@@H](CO)C(=O)N[C@@H](Cc1cnc[nH]1)C(=O)N[C@@H](CCCN)C(=O)N[C@@H](C)C(=O)N2. The van der Waals surface area contributed by atoms with Gasteiger partial charge in [-0.1, -0.05) is 77.3 Å². The molecule has 4 heterocycles. The zero-order chi connectivity index (χ0) is 82.2. The standard InChI is InChI=1S/C62H98N22O22S4/c1-6-27(4)47-61(105)79-37(48(67)92)21-107-109-24-40-58(102)77-35(19-85)54(98)73-31(13-29-18-68-25-69-29)51(95)72-30(9-7-11-63)50(94)70-28(5)49(93)80-39(23-110-108-22-38(56(100)81-40)71-44(89)17-64)57(101)78-36(20-86)55(99)82-46(26(2)3)60(104)75-32(14-42(65)87)52(96)76-34(15-43(66)88)62(106)84-12-8-10-41(84)59(103)74-33(16-45(90)91)53(97)83-47/h18,25-28,30-41,46-47,85-86H,6-17,19-24,63-64H2,1-5H3,(H2,65,87)(H2,66,88)(H2,67,92)(H,68,69)(H,70,94)(H,71,89)(H,72,95)(H,73,98)(H,74,103)(H,75,104)(H,76,96)(H,77,102)(H,78,101)(H,79,105)(H,80,93)(H,81,100)(H,82,99)(H,83,97)(H,90,91)/t27-,28-,30-,31-,32-,33-,34-,35-,36-,37-,38-,39-,40-,41-,46-,47-/m0/s1. The number of aliphatic hydroxyl groups is 2. The van der Waals surface area contributed by atoms with Gasteiger partial charge in [0.1, 0.15) is 90.6 Å². The number of H-pyrrole nitrogens is 1. The number of carboxylic acids is 1. The van der Waals surface area contributed by atoms with E-state index < -0.39 is 277 Å². The molecule has 28 N–H and O–H groups in total. The zero-order valence-electron chi connectivity index (χ0n) is 60.7. The maximum atomic E-state index is 14.6. The average Bonchev–Trinajstić information content (AvgIpc) is 1.57. The third-order valence-corrected chi connectivity index (χ3v) is 22.0. The molecule has 0 radical (unpaired) electrons. The van der Waals surface area contributed by atoms with Crippen LogP contribution in [0.2, 0.25) is 0 Å². The predicted octanol–water partition coefficient (Wildman–Crippen LogP) is -11.4. The Bertz CT molecular complexity index is 3490. The Morgan fingerprint density at radius 1 is 0.555 bits per heavy atom. The van der Waals surface area contributed by atoms with E-state index in [1.807, 2.05) is 0 Å². The molecule has 0 saturated carbocycles. The number of nitrogens with zero attached hydrogens (tertiary/aromatic N) is 2. The van der Waals surface area contributed by atoms with Crippen molar-refractivity contribution in [1.29, 1.82) is 0 Å². The van der Waals surface area contributed by atoms with Crippen molar-refractivity contribution in [3.05, 3.63) is 18.2 Å². The van der Waals surface area contributed by atoms with Gasteiger partial charge in [0, 0.05) is 47.9 Å². The zero-order valence-corrected chi connectivity index (χ0v) is 64.0. The van der Waals surface area contributed by atoms with Gasteiger partial charge < -0.3 is 128 Å². The lowest BCUT2D eigenvalue weighted by Crippen LogP contribution is -2.62. The highest BCUT2D eigenvalue weighted by Gasteiger charge is 2.43. The van der Waals surface area contributed by atoms with Crippen LogP contribution in [-0.4, -0.2) is 289 Å². The van der Waals surface area contributed by atoms with E-state index in [0.717, 1.165) is 48.1 Å². The van der Waals surface area contributed by atoms with Crippen molar-refractivity contribution < 1.29 is 106 Å². The number of hydrogen-bond acceptors (Lipinski definition) is 28. The van der Waals surface area contributed by atoms with Crippen molar-refractivity contribution in [2.45, 2.75) is 183 Å². The van der Waals surface area contributed by atoms with Gasteiger partial charge in [0.2, 0.25) is 106 Å². The third-order valence-electron chi connectivity index (χ3n) is 17.1. The number of primary amides is 3. The number of carbonyl (C=O) groups excluding carboxylic acids is 18. The van der Waals surface area contributed by atoms with Crippen LogP contribution >= 0.6 is 43.2 Å². The number of nitrogens with two attached hydrogens (primary N) is 5. The molecule has 0 spiro atoms. The van der Waals surface area contributed by atoms with E-state index in [1.54, 1.807) is 6.92 Å². The van der Waals surface area contributed by atoms with Crippen LogP contribution in [0.5, 0.6) is 0 Å². The van der Waals surface area contributed by atoms with Crippen molar-refractivity contribution in [3.63, 3.8) is 0 Å². The summed E-state index contributed by atoms with van der Waals surface area (Å²) in [5.74, 6) is -26.2. The first-order chi connectivity index (χ1) is 52.0. The van der Waals surface area contributed by atoms with Gasteiger partial charge in [-0.05, 0) is 51.0 Å². The van der Waals surface area contributed by atoms with Crippen LogP contribution in [0.4, 0.5) is 0 Å². The van der Waals surface area contributed by atoms with E-state index in [-0.39, 0.29) is 57.3 Å². The van der Waals surface area contributed by atoms with E-state index in [0.29, 0.717) is 0 Å². The summed E-state index contributed by atoms with van der Waals surface area (Å²) in [6.07, 6.45) is -1.01. The molecule has 2 bridgehead atoms. The van der Waals surface area contributed by atoms with E-state index in [2.05, 4.69) is 84.4 Å². The molecule has 48 heteroatoms. The Morgan fingerprint density at radius 3 is 1.58 bits per heavy atom. The van der Waals surface area contributed by atoms with E-state index in [4.69, 9.17) is 28.7 Å². The van der Waals surface area contributed by atoms with Gasteiger partial charge in [0.25, 0.3) is 0 Å². The van der Waals surface area contributed by atoms with Gasteiger partial charge >= 0.3 is 5.97 Å². The molecule has 16 atom stereocenters. The highest BCUT2D eigenvalue weighted by Crippen LogP contribution is 2.26. The van der Waals surface area contributed by atoms with Crippen LogP contribution in [0.3, 0.4) is 0 Å². The first-order valence-electron chi connectivity index (χ1n) is 34.7. The minimum Gasteiger partial charge on any atom is -0.481 e. The number of carboxylic acid groups (broad SMARTS) is 1. The highest BCUT2D eigenvalue weighted by molar-refractivity contribution is 8.77. The Hall–Kier alpha value is -9.62. The van der Waals surface area contributed by atoms with Crippen molar-refractivity contribution in [3.8, 4) is 0 Å². The minimum absolute atomic E-state index is 0.0240. The molecule has 110 heavy (non-hydrogen) atoms. The topological polar surface area (TPSA) is 715 Å². The molecule has 0 aromatic carbocycles. The normalized spacial score (nSPS) is 27.9. The fraction of sp³-hybridized carbons (Fsp3) is 0.645. The van der Waals surface area contributed by atoms with Gasteiger partial charge in [-0.3, -0.25) is 91.1 Å². The number of amides is 18. The smallest absolute Gasteiger partial charge is 0.305 e. The number of fused-ring (bicyclic) bond motifs is 9. The monoisotopic (exact) mass is 1630 g/mol. The van der Waals surface area contributed by atoms with Crippen molar-refractivity contribution in [2.75, 3.05) is 55.9 Å². The lowest BCUT2D eigenvalue weighted by atomic mass is 9.97. The van der Waals surface area contributed by atoms with E-state index in [9.17, 15) is 106 Å². The van der Waals surface area contributed by atoms with Crippen LogP contribution in [-0.2, 0) is 97.5 Å². The number of rotatable bonds is 19. The average molecular weight is 1630 g/mol. The molecule has 0 unspecified atom stereocenters. The van der Waals surface area contributed by atoms with E-state index >= 15 is 0 Å². The van der Waals surface area contributed by atoms with Crippen molar-refractivity contribution >= 4 is 155 Å². The van der Waals surface area contributed by atoms with Crippen LogP contribution in [0, 0.1) is 11.8 Å². The molecular weight excluding hydrogens is 1530 g/mol. The molecule has 612 valence electrons. The van der Waals surface area contributed by atoms with Gasteiger partial charge in [0.15, 0.2) is 0 Å². The Labute approximate surface area is 645 Å². The summed E-state index contributed by atoms with van der Waals surface area (Å²) in [5.41, 5.74) is 28.5. The first kappa shape index (κ1) is 92.8. The fourth-order valence-corrected chi connectivity index (χ4v) is 15.5. The number of carbonyl (C=O) groups is 19. The fourth-order valence-electron chi connectivity index (χ4n) is 10.8. The first-order valence-corrected chi connectivity index (χ1v) is 39.7. The molecule has 1 aromatic rings. The summed E-state index contributed by atoms with van der Waals surface area (Å²) in [4.78, 5) is 272. The Morgan fingerprint density at radius 2 is 1.04 bits per heavy atom. The lowest BCUT2D eigenvalue weighted by Gasteiger charge is -2.31. The Balaban J connectivity index is 1.94. The number of aromatic amines is 1. The van der Waals surface area contributed by atoms with E-state index in [1.165, 1.54) is 40.2 Å². The summed E-state index contributed by atoms with van der Waals surface area (Å²) in [5, 5.41) is 64.6. The van der Waals surface area contributed by atoms with Crippen LogP contribution in [0.1, 0.15) is 91.7 Å². The molecule has 0 aliphatic carbocycles. The van der Waals surface area contributed by atoms with Gasteiger partial charge in [-0.2, -0.15) is 0 Å². The molecule has 3 aliphatic heterocycles. The Kier molecular flexibility index (Phi) is 38.9. The number of aliphatic carboxylic acids is 1. The molecule has 3 fully saturated rings. The summed E-state index contributed by atoms with van der Waals surface area (Å²) < 4.78 is 0. The van der Waals surface area contributed by atoms with Crippen molar-refractivity contribution in [2.24, 2.45) is 40.5 Å². The third kappa shape index (κ3) is 29.7. The second kappa shape index (κ2) is 46.1. The second-order valence-electron chi connectivity index (χ2n) is 26.0. The predicted molar refractivity (Wildman–Crippen MR) is 394 cm³/mol. The minimum atomic E-state index is -2.02. The van der Waals surface area contributed by atoms with Crippen LogP contribution in [0.25, 0.3) is 0 Å². The van der Waals surface area contributed by atoms with Gasteiger partial charge in [0.05, 0.1) is 45.3 Å². The number of imidazole rings is 1. The van der Waals surface area contributed by atoms with Crippen molar-refractivity contribution in [1.82, 2.24) is 89.3 Å². The number of aromatic nitrogens is 2. The molecule has 1 aromatic heterocycles. The molecule has 4 rings (SSSR count). The maximum absolute atomic E-state index is 14.6. The largest absolute Gasteiger partial charge is 0.481 e. The molecule has 3 saturated heterocycles. The molecule has 18 amide bonds. The maximum Gasteiger partial charge on any atom is 0.305 e. The summed E-state index contributed by atoms with van der Waals surface area (Å²) in [7, 11) is 3.03. The quantitative estimate of drug-likeness (QED) is 0.0572. The number of nitrogens with one attached hydrogen (secondary N) is 15. The number of aliphatic hydroxyl groups excluding tert-OH is 2. The molecule has 44 nitrogen and oxygen atoms in total.